The van der Waals surface area contributed by atoms with E-state index in [1.807, 2.05) is 0 Å². The lowest BCUT2D eigenvalue weighted by molar-refractivity contribution is -0.0444. The quantitative estimate of drug-likeness (QED) is 0.703. The molecule has 0 radical (unpaired) electrons. The third-order valence-electron chi connectivity index (χ3n) is 2.51. The van der Waals surface area contributed by atoms with E-state index in [0.29, 0.717) is 5.92 Å². The minimum Gasteiger partial charge on any atom is -0.391 e. The number of aliphatic hydroxyl groups excluding tert-OH is 1. The van der Waals surface area contributed by atoms with Crippen LogP contribution in [0, 0.1) is 5.92 Å². The van der Waals surface area contributed by atoms with E-state index in [1.54, 1.807) is 6.92 Å². The van der Waals surface area contributed by atoms with Gasteiger partial charge >= 0.3 is 0 Å². The highest BCUT2D eigenvalue weighted by Crippen LogP contribution is 2.29. The van der Waals surface area contributed by atoms with E-state index < -0.39 is 0 Å². The molecule has 1 aliphatic rings. The summed E-state index contributed by atoms with van der Waals surface area (Å²) in [6, 6.07) is 0. The first-order chi connectivity index (χ1) is 5.93. The van der Waals surface area contributed by atoms with Gasteiger partial charge in [0, 0.05) is 5.54 Å². The van der Waals surface area contributed by atoms with Gasteiger partial charge in [-0.3, -0.25) is 4.84 Å². The molecule has 0 aliphatic carbocycles. The van der Waals surface area contributed by atoms with E-state index in [2.05, 4.69) is 26.3 Å². The van der Waals surface area contributed by atoms with Gasteiger partial charge in [-0.05, 0) is 32.6 Å². The Balaban J connectivity index is 2.46. The molecule has 0 aromatic heterocycles. The van der Waals surface area contributed by atoms with E-state index in [9.17, 15) is 5.11 Å². The Morgan fingerprint density at radius 1 is 1.54 bits per heavy atom. The van der Waals surface area contributed by atoms with Gasteiger partial charge in [-0.1, -0.05) is 13.8 Å². The van der Waals surface area contributed by atoms with E-state index in [1.165, 1.54) is 0 Å². The maximum absolute atomic E-state index is 9.35. The number of aliphatic hydroxyl groups is 1. The summed E-state index contributed by atoms with van der Waals surface area (Å²) in [6.45, 7) is 8.31. The minimum atomic E-state index is -0.388. The molecule has 13 heavy (non-hydrogen) atoms. The Bertz CT molecular complexity index is 170. The smallest absolute Gasteiger partial charge is 0.106 e. The molecular formula is C10H21NO2. The summed E-state index contributed by atoms with van der Waals surface area (Å²) in [4.78, 5) is 5.33. The van der Waals surface area contributed by atoms with Crippen LogP contribution >= 0.6 is 0 Å². The van der Waals surface area contributed by atoms with Crippen LogP contribution in [-0.4, -0.2) is 22.9 Å². The lowest BCUT2D eigenvalue weighted by Gasteiger charge is -2.24. The van der Waals surface area contributed by atoms with Gasteiger partial charge < -0.3 is 5.11 Å². The van der Waals surface area contributed by atoms with Crippen molar-refractivity contribution in [1.82, 2.24) is 5.48 Å². The molecule has 3 heteroatoms. The van der Waals surface area contributed by atoms with Crippen LogP contribution in [-0.2, 0) is 4.84 Å². The summed E-state index contributed by atoms with van der Waals surface area (Å²) < 4.78 is 0. The van der Waals surface area contributed by atoms with Gasteiger partial charge in [0.05, 0.1) is 6.10 Å². The molecular weight excluding hydrogens is 166 g/mol. The molecule has 1 fully saturated rings. The van der Waals surface area contributed by atoms with Crippen molar-refractivity contribution in [3.63, 3.8) is 0 Å². The van der Waals surface area contributed by atoms with E-state index >= 15 is 0 Å². The molecule has 1 rings (SSSR count). The largest absolute Gasteiger partial charge is 0.391 e. The highest BCUT2D eigenvalue weighted by atomic mass is 16.7. The monoisotopic (exact) mass is 187 g/mol. The van der Waals surface area contributed by atoms with Crippen molar-refractivity contribution < 1.29 is 9.94 Å². The summed E-state index contributed by atoms with van der Waals surface area (Å²) in [5.74, 6) is 0.647. The molecule has 3 atom stereocenters. The van der Waals surface area contributed by atoms with Crippen LogP contribution in [0.5, 0.6) is 0 Å². The minimum absolute atomic E-state index is 0.0375. The number of hydrogen-bond donors (Lipinski definition) is 2. The van der Waals surface area contributed by atoms with Crippen LogP contribution < -0.4 is 5.48 Å². The van der Waals surface area contributed by atoms with Gasteiger partial charge in [0.25, 0.3) is 0 Å². The van der Waals surface area contributed by atoms with Crippen molar-refractivity contribution in [3.05, 3.63) is 0 Å². The second kappa shape index (κ2) is 3.95. The van der Waals surface area contributed by atoms with Crippen molar-refractivity contribution in [1.29, 1.82) is 0 Å². The molecule has 0 spiro atoms. The third-order valence-corrected chi connectivity index (χ3v) is 2.51. The van der Waals surface area contributed by atoms with E-state index in [-0.39, 0.29) is 17.7 Å². The fourth-order valence-corrected chi connectivity index (χ4v) is 2.04. The predicted octanol–water partition coefficient (Wildman–Crippen LogP) is 1.47. The van der Waals surface area contributed by atoms with Crippen molar-refractivity contribution >= 4 is 0 Å². The van der Waals surface area contributed by atoms with Crippen LogP contribution in [0.1, 0.15) is 40.5 Å². The van der Waals surface area contributed by atoms with Crippen molar-refractivity contribution in [2.45, 2.75) is 58.3 Å². The van der Waals surface area contributed by atoms with E-state index in [4.69, 9.17) is 4.84 Å². The summed E-state index contributed by atoms with van der Waals surface area (Å²) >= 11 is 0. The molecule has 1 aliphatic heterocycles. The standard InChI is InChI=1S/C10H21NO2/c1-7(2)5-10(4)6-9(8(3)12)13-11-10/h7-9,11-12H,5-6H2,1-4H3. The topological polar surface area (TPSA) is 41.5 Å². The number of nitrogens with one attached hydrogen (secondary N) is 1. The Labute approximate surface area is 80.4 Å². The molecule has 78 valence electrons. The van der Waals surface area contributed by atoms with Crippen molar-refractivity contribution in [3.8, 4) is 0 Å². The molecule has 3 unspecified atom stereocenters. The Morgan fingerprint density at radius 3 is 2.54 bits per heavy atom. The van der Waals surface area contributed by atoms with Gasteiger partial charge in [-0.25, -0.2) is 0 Å². The molecule has 0 amide bonds. The second-order valence-electron chi connectivity index (χ2n) is 4.86. The number of hydroxylamine groups is 1. The first kappa shape index (κ1) is 11.0. The predicted molar refractivity (Wildman–Crippen MR) is 52.2 cm³/mol. The average Bonchev–Trinajstić information content (AvgIpc) is 2.29. The number of rotatable bonds is 3. The highest BCUT2D eigenvalue weighted by Gasteiger charge is 2.38. The van der Waals surface area contributed by atoms with Crippen LogP contribution in [0.15, 0.2) is 0 Å². The van der Waals surface area contributed by atoms with Gasteiger partial charge in [0.1, 0.15) is 6.10 Å². The van der Waals surface area contributed by atoms with Gasteiger partial charge in [-0.2, -0.15) is 5.48 Å². The highest BCUT2D eigenvalue weighted by molar-refractivity contribution is 4.90. The zero-order chi connectivity index (χ0) is 10.1. The fraction of sp³-hybridized carbons (Fsp3) is 1.00. The summed E-state index contributed by atoms with van der Waals surface area (Å²) in [5.41, 5.74) is 3.07. The van der Waals surface area contributed by atoms with Gasteiger partial charge in [0.2, 0.25) is 0 Å². The third kappa shape index (κ3) is 2.93. The molecule has 0 saturated carbocycles. The summed E-state index contributed by atoms with van der Waals surface area (Å²) in [5, 5.41) is 9.35. The molecule has 0 aromatic carbocycles. The lowest BCUT2D eigenvalue weighted by atomic mass is 9.86. The maximum atomic E-state index is 9.35. The molecule has 1 saturated heterocycles. The zero-order valence-corrected chi connectivity index (χ0v) is 9.00. The van der Waals surface area contributed by atoms with Crippen LogP contribution in [0.4, 0.5) is 0 Å². The zero-order valence-electron chi connectivity index (χ0n) is 9.00. The average molecular weight is 187 g/mol. The normalized spacial score (nSPS) is 36.9. The van der Waals surface area contributed by atoms with Gasteiger partial charge in [-0.15, -0.1) is 0 Å². The number of hydrogen-bond acceptors (Lipinski definition) is 3. The van der Waals surface area contributed by atoms with Crippen molar-refractivity contribution in [2.24, 2.45) is 5.92 Å². The second-order valence-corrected chi connectivity index (χ2v) is 4.86. The Hall–Kier alpha value is -0.120. The van der Waals surface area contributed by atoms with Gasteiger partial charge in [0.15, 0.2) is 0 Å². The molecule has 0 aromatic rings. The Kier molecular flexibility index (Phi) is 3.33. The molecule has 3 nitrogen and oxygen atoms in total. The van der Waals surface area contributed by atoms with Crippen LogP contribution in [0.3, 0.4) is 0 Å². The molecule has 1 heterocycles. The lowest BCUT2D eigenvalue weighted by Crippen LogP contribution is -2.36. The molecule has 2 N–H and O–H groups in total. The molecule has 0 bridgehead atoms. The van der Waals surface area contributed by atoms with E-state index in [0.717, 1.165) is 12.8 Å². The van der Waals surface area contributed by atoms with Crippen molar-refractivity contribution in [2.75, 3.05) is 0 Å². The summed E-state index contributed by atoms with van der Waals surface area (Å²) in [7, 11) is 0. The Morgan fingerprint density at radius 2 is 2.15 bits per heavy atom. The SMILES string of the molecule is CC(C)CC1(C)CC(C(C)O)ON1. The van der Waals surface area contributed by atoms with Crippen LogP contribution in [0.2, 0.25) is 0 Å². The first-order valence-electron chi connectivity index (χ1n) is 5.04. The fourth-order valence-electron chi connectivity index (χ4n) is 2.04. The maximum Gasteiger partial charge on any atom is 0.106 e. The summed E-state index contributed by atoms with van der Waals surface area (Å²) in [6.07, 6.45) is 1.53. The first-order valence-corrected chi connectivity index (χ1v) is 5.04. The van der Waals surface area contributed by atoms with Crippen LogP contribution in [0.25, 0.3) is 0 Å².